The summed E-state index contributed by atoms with van der Waals surface area (Å²) in [5, 5.41) is 3.56. The summed E-state index contributed by atoms with van der Waals surface area (Å²) in [4.78, 5) is 13.3. The van der Waals surface area contributed by atoms with E-state index >= 15 is 0 Å². The second-order valence-corrected chi connectivity index (χ2v) is 12.7. The molecule has 1 amide bonds. The third-order valence-electron chi connectivity index (χ3n) is 7.53. The zero-order valence-corrected chi connectivity index (χ0v) is 24.3. The molecule has 1 atom stereocenters. The molecule has 0 saturated heterocycles. The lowest BCUT2D eigenvalue weighted by molar-refractivity contribution is 0.0940. The van der Waals surface area contributed by atoms with Crippen LogP contribution >= 0.6 is 11.6 Å². The van der Waals surface area contributed by atoms with E-state index in [1.165, 1.54) is 28.3 Å². The van der Waals surface area contributed by atoms with E-state index in [1.807, 2.05) is 19.9 Å². The van der Waals surface area contributed by atoms with Crippen LogP contribution in [-0.4, -0.2) is 14.3 Å². The fourth-order valence-electron chi connectivity index (χ4n) is 5.18. The number of carbonyl (C=O) groups excluding carboxylic acids is 1. The first kappa shape index (κ1) is 27.9. The van der Waals surface area contributed by atoms with Crippen LogP contribution in [0.3, 0.4) is 0 Å². The van der Waals surface area contributed by atoms with Crippen LogP contribution < -0.4 is 9.62 Å². The highest BCUT2D eigenvalue weighted by molar-refractivity contribution is 7.92. The van der Waals surface area contributed by atoms with Gasteiger partial charge in [0.2, 0.25) is 0 Å². The van der Waals surface area contributed by atoms with Crippen molar-refractivity contribution < 1.29 is 13.2 Å². The molecule has 0 spiro atoms. The summed E-state index contributed by atoms with van der Waals surface area (Å²) in [5.41, 5.74) is 6.47. The Bertz CT molecular complexity index is 1620. The maximum absolute atomic E-state index is 13.7. The lowest BCUT2D eigenvalue weighted by atomic mass is 9.89. The van der Waals surface area contributed by atoms with Gasteiger partial charge in [-0.05, 0) is 104 Å². The normalized spacial score (nSPS) is 13.8. The van der Waals surface area contributed by atoms with E-state index < -0.39 is 10.0 Å². The van der Waals surface area contributed by atoms with Crippen molar-refractivity contribution in [3.63, 3.8) is 0 Å². The molecule has 1 N–H and O–H groups in total. The average Bonchev–Trinajstić information content (AvgIpc) is 2.97. The summed E-state index contributed by atoms with van der Waals surface area (Å²) < 4.78 is 28.9. The van der Waals surface area contributed by atoms with Crippen molar-refractivity contribution in [1.29, 1.82) is 0 Å². The highest BCUT2D eigenvalue weighted by Crippen LogP contribution is 2.31. The lowest BCUT2D eigenvalue weighted by Crippen LogP contribution is -2.31. The predicted molar refractivity (Wildman–Crippen MR) is 161 cm³/mol. The number of benzene rings is 4. The largest absolute Gasteiger partial charge is 0.346 e. The van der Waals surface area contributed by atoms with E-state index in [2.05, 4.69) is 23.5 Å². The van der Waals surface area contributed by atoms with Gasteiger partial charge in [-0.15, -0.1) is 0 Å². The van der Waals surface area contributed by atoms with Gasteiger partial charge in [-0.25, -0.2) is 8.42 Å². The third-order valence-corrected chi connectivity index (χ3v) is 9.54. The molecular weight excluding hydrogens is 540 g/mol. The molecule has 0 aliphatic heterocycles. The number of aryl methyl sites for hydroxylation is 3. The van der Waals surface area contributed by atoms with Gasteiger partial charge in [0.05, 0.1) is 23.2 Å². The molecule has 0 radical (unpaired) electrons. The molecule has 4 aromatic carbocycles. The Hall–Kier alpha value is -3.61. The fraction of sp³-hybridized carbons (Fsp3) is 0.242. The molecule has 40 heavy (non-hydrogen) atoms. The fourth-order valence-corrected chi connectivity index (χ4v) is 6.88. The Kier molecular flexibility index (Phi) is 8.29. The van der Waals surface area contributed by atoms with Crippen LogP contribution in [0.2, 0.25) is 5.02 Å². The van der Waals surface area contributed by atoms with Gasteiger partial charge in [0, 0.05) is 10.6 Å². The second-order valence-electron chi connectivity index (χ2n) is 10.4. The molecule has 206 valence electrons. The monoisotopic (exact) mass is 572 g/mol. The summed E-state index contributed by atoms with van der Waals surface area (Å²) >= 11 is 6.27. The van der Waals surface area contributed by atoms with Gasteiger partial charge >= 0.3 is 0 Å². The highest BCUT2D eigenvalue weighted by atomic mass is 35.5. The summed E-state index contributed by atoms with van der Waals surface area (Å²) in [5.74, 6) is -0.170. The highest BCUT2D eigenvalue weighted by Gasteiger charge is 2.27. The number of halogens is 1. The van der Waals surface area contributed by atoms with E-state index in [9.17, 15) is 13.2 Å². The number of rotatable bonds is 8. The number of carbonyl (C=O) groups is 1. The second kappa shape index (κ2) is 11.9. The number of nitrogens with one attached hydrogen (secondary N) is 1. The number of anilines is 1. The predicted octanol–water partition coefficient (Wildman–Crippen LogP) is 7.41. The molecule has 7 heteroatoms. The van der Waals surface area contributed by atoms with Crippen molar-refractivity contribution >= 4 is 33.2 Å². The topological polar surface area (TPSA) is 66.5 Å². The molecule has 1 aliphatic carbocycles. The molecule has 1 aliphatic rings. The Balaban J connectivity index is 1.35. The van der Waals surface area contributed by atoms with E-state index in [4.69, 9.17) is 11.6 Å². The Morgan fingerprint density at radius 1 is 0.900 bits per heavy atom. The van der Waals surface area contributed by atoms with Crippen molar-refractivity contribution in [1.82, 2.24) is 5.32 Å². The van der Waals surface area contributed by atoms with Gasteiger partial charge in [-0.2, -0.15) is 0 Å². The minimum Gasteiger partial charge on any atom is -0.346 e. The molecule has 5 rings (SSSR count). The molecule has 0 bridgehead atoms. The van der Waals surface area contributed by atoms with Crippen LogP contribution in [0.15, 0.2) is 95.9 Å². The maximum atomic E-state index is 13.7. The molecule has 0 aromatic heterocycles. The van der Waals surface area contributed by atoms with E-state index in [0.29, 0.717) is 16.3 Å². The van der Waals surface area contributed by atoms with Crippen molar-refractivity contribution in [2.45, 2.75) is 57.0 Å². The standard InChI is InChI=1S/C33H33ClN2O3S/c1-23-12-19-30(34)21-32(23)36(40(38,39)31-10-4-3-5-11-31)22-25-13-15-27(16-14-25)33(37)35-24(2)28-18-17-26-8-6-7-9-29(26)20-28/h3-5,10-21,24H,6-9,22H2,1-2H3,(H,35,37)/t24-/m0/s1. The molecular formula is C33H33ClN2O3S. The summed E-state index contributed by atoms with van der Waals surface area (Å²) in [6.45, 7) is 3.94. The van der Waals surface area contributed by atoms with Gasteiger partial charge in [-0.1, -0.05) is 66.2 Å². The smallest absolute Gasteiger partial charge is 0.264 e. The Labute approximate surface area is 241 Å². The lowest BCUT2D eigenvalue weighted by Gasteiger charge is -2.26. The third kappa shape index (κ3) is 6.08. The average molecular weight is 573 g/mol. The van der Waals surface area contributed by atoms with Gasteiger partial charge in [0.25, 0.3) is 15.9 Å². The van der Waals surface area contributed by atoms with Gasteiger partial charge < -0.3 is 5.32 Å². The molecule has 0 saturated carbocycles. The van der Waals surface area contributed by atoms with Crippen LogP contribution in [0.1, 0.15) is 64.0 Å². The minimum atomic E-state index is -3.88. The number of hydrogen-bond donors (Lipinski definition) is 1. The first-order chi connectivity index (χ1) is 19.2. The van der Waals surface area contributed by atoms with Crippen molar-refractivity contribution in [3.05, 3.63) is 129 Å². The number of sulfonamides is 1. The van der Waals surface area contributed by atoms with Crippen LogP contribution in [0.5, 0.6) is 0 Å². The summed E-state index contributed by atoms with van der Waals surface area (Å²) in [6.07, 6.45) is 4.68. The Morgan fingerprint density at radius 2 is 1.60 bits per heavy atom. The maximum Gasteiger partial charge on any atom is 0.264 e. The van der Waals surface area contributed by atoms with Crippen molar-refractivity contribution in [3.8, 4) is 0 Å². The van der Waals surface area contributed by atoms with Crippen LogP contribution in [0, 0.1) is 6.92 Å². The van der Waals surface area contributed by atoms with Crippen LogP contribution in [0.25, 0.3) is 0 Å². The number of nitrogens with zero attached hydrogens (tertiary/aromatic N) is 1. The van der Waals surface area contributed by atoms with Gasteiger partial charge in [0.1, 0.15) is 0 Å². The molecule has 4 aromatic rings. The molecule has 0 fully saturated rings. The summed E-state index contributed by atoms with van der Waals surface area (Å²) in [6, 6.07) is 27.0. The minimum absolute atomic E-state index is 0.0891. The number of fused-ring (bicyclic) bond motifs is 1. The zero-order chi connectivity index (χ0) is 28.3. The van der Waals surface area contributed by atoms with E-state index in [-0.39, 0.29) is 23.4 Å². The zero-order valence-electron chi connectivity index (χ0n) is 22.7. The summed E-state index contributed by atoms with van der Waals surface area (Å²) in [7, 11) is -3.88. The molecule has 5 nitrogen and oxygen atoms in total. The van der Waals surface area contributed by atoms with E-state index in [0.717, 1.165) is 29.5 Å². The van der Waals surface area contributed by atoms with Crippen LogP contribution in [-0.2, 0) is 29.4 Å². The SMILES string of the molecule is Cc1ccc(Cl)cc1N(Cc1ccc(C(=O)N[C@@H](C)c2ccc3c(c2)CCCC3)cc1)S(=O)(=O)c1ccccc1. The first-order valence-corrected chi connectivity index (χ1v) is 15.4. The van der Waals surface area contributed by atoms with Gasteiger partial charge in [-0.3, -0.25) is 9.10 Å². The Morgan fingerprint density at radius 3 is 2.33 bits per heavy atom. The quantitative estimate of drug-likeness (QED) is 0.239. The van der Waals surface area contributed by atoms with Crippen LogP contribution in [0.4, 0.5) is 5.69 Å². The van der Waals surface area contributed by atoms with E-state index in [1.54, 1.807) is 66.7 Å². The molecule has 0 heterocycles. The van der Waals surface area contributed by atoms with Gasteiger partial charge in [0.15, 0.2) is 0 Å². The number of amides is 1. The van der Waals surface area contributed by atoms with Crippen molar-refractivity contribution in [2.75, 3.05) is 4.31 Å². The number of hydrogen-bond acceptors (Lipinski definition) is 3. The first-order valence-electron chi connectivity index (χ1n) is 13.6. The van der Waals surface area contributed by atoms with Crippen molar-refractivity contribution in [2.24, 2.45) is 0 Å². The molecule has 0 unspecified atom stereocenters.